The molecule has 6 heteroatoms. The molecule has 0 atom stereocenters. The van der Waals surface area contributed by atoms with Crippen LogP contribution in [0.1, 0.15) is 24.2 Å². The normalized spacial score (nSPS) is 10.2. The number of halogens is 1. The van der Waals surface area contributed by atoms with Crippen molar-refractivity contribution >= 4 is 29.0 Å². The van der Waals surface area contributed by atoms with Crippen LogP contribution in [0.4, 0.5) is 11.5 Å². The second-order valence-electron chi connectivity index (χ2n) is 4.37. The Morgan fingerprint density at radius 3 is 2.57 bits per heavy atom. The molecule has 0 fully saturated rings. The van der Waals surface area contributed by atoms with Crippen LogP contribution in [0.15, 0.2) is 36.7 Å². The molecule has 0 saturated heterocycles. The van der Waals surface area contributed by atoms with Gasteiger partial charge in [-0.3, -0.25) is 4.79 Å². The molecule has 2 heterocycles. The van der Waals surface area contributed by atoms with Crippen LogP contribution in [0.5, 0.6) is 0 Å². The maximum Gasteiger partial charge on any atom is 0.258 e. The van der Waals surface area contributed by atoms with E-state index in [0.717, 1.165) is 18.9 Å². The van der Waals surface area contributed by atoms with Gasteiger partial charge in [0.25, 0.3) is 5.91 Å². The van der Waals surface area contributed by atoms with Crippen LogP contribution in [0.3, 0.4) is 0 Å². The summed E-state index contributed by atoms with van der Waals surface area (Å²) in [5, 5.41) is 2.94. The van der Waals surface area contributed by atoms with Crippen LogP contribution in [-0.2, 0) is 0 Å². The molecule has 1 N–H and O–H groups in total. The number of nitrogens with one attached hydrogen (secondary N) is 1. The smallest absolute Gasteiger partial charge is 0.258 e. The molecule has 0 unspecified atom stereocenters. The third-order valence-electron chi connectivity index (χ3n) is 3.10. The molecular formula is C15H17ClN4O. The Bertz CT molecular complexity index is 611. The zero-order chi connectivity index (χ0) is 15.2. The van der Waals surface area contributed by atoms with E-state index in [-0.39, 0.29) is 11.1 Å². The number of carbonyl (C=O) groups excluding carboxylic acids is 1. The average Bonchev–Trinajstić information content (AvgIpc) is 2.50. The van der Waals surface area contributed by atoms with Gasteiger partial charge in [-0.15, -0.1) is 0 Å². The molecule has 0 bridgehead atoms. The fourth-order valence-electron chi connectivity index (χ4n) is 1.95. The summed E-state index contributed by atoms with van der Waals surface area (Å²) in [6.07, 6.45) is 3.18. The number of pyridine rings is 2. The number of aromatic nitrogens is 2. The third-order valence-corrected chi connectivity index (χ3v) is 3.40. The van der Waals surface area contributed by atoms with Crippen molar-refractivity contribution in [3.8, 4) is 0 Å². The lowest BCUT2D eigenvalue weighted by Crippen LogP contribution is -2.22. The van der Waals surface area contributed by atoms with Crippen molar-refractivity contribution in [2.75, 3.05) is 23.3 Å². The van der Waals surface area contributed by atoms with E-state index in [0.29, 0.717) is 11.3 Å². The van der Waals surface area contributed by atoms with Crippen LogP contribution in [-0.4, -0.2) is 29.0 Å². The molecule has 5 nitrogen and oxygen atoms in total. The van der Waals surface area contributed by atoms with Crippen LogP contribution < -0.4 is 10.2 Å². The topological polar surface area (TPSA) is 58.1 Å². The molecule has 0 aliphatic carbocycles. The maximum absolute atomic E-state index is 12.1. The van der Waals surface area contributed by atoms with Crippen LogP contribution in [0.25, 0.3) is 0 Å². The standard InChI is InChI=1S/C15H17ClN4O/c1-3-20(4-2)13-8-7-11(10-18-13)19-15(21)12-6-5-9-17-14(12)16/h5-10H,3-4H2,1-2H3,(H,19,21). The second kappa shape index (κ2) is 7.04. The van der Waals surface area contributed by atoms with Crippen molar-refractivity contribution in [2.24, 2.45) is 0 Å². The maximum atomic E-state index is 12.1. The molecule has 0 aliphatic heterocycles. The van der Waals surface area contributed by atoms with Gasteiger partial charge in [0.15, 0.2) is 0 Å². The van der Waals surface area contributed by atoms with Gasteiger partial charge in [0.2, 0.25) is 0 Å². The summed E-state index contributed by atoms with van der Waals surface area (Å²) < 4.78 is 0. The molecule has 2 aromatic rings. The van der Waals surface area contributed by atoms with Crippen LogP contribution in [0, 0.1) is 0 Å². The van der Waals surface area contributed by atoms with E-state index >= 15 is 0 Å². The lowest BCUT2D eigenvalue weighted by atomic mass is 10.2. The monoisotopic (exact) mass is 304 g/mol. The highest BCUT2D eigenvalue weighted by molar-refractivity contribution is 6.33. The molecule has 21 heavy (non-hydrogen) atoms. The van der Waals surface area contributed by atoms with Crippen molar-refractivity contribution in [1.29, 1.82) is 0 Å². The van der Waals surface area contributed by atoms with Crippen LogP contribution in [0.2, 0.25) is 5.15 Å². The SMILES string of the molecule is CCN(CC)c1ccc(NC(=O)c2cccnc2Cl)cn1. The zero-order valence-corrected chi connectivity index (χ0v) is 12.8. The van der Waals surface area contributed by atoms with Gasteiger partial charge in [-0.1, -0.05) is 11.6 Å². The summed E-state index contributed by atoms with van der Waals surface area (Å²) in [6, 6.07) is 7.00. The zero-order valence-electron chi connectivity index (χ0n) is 12.0. The van der Waals surface area contributed by atoms with Gasteiger partial charge in [0, 0.05) is 19.3 Å². The number of carbonyl (C=O) groups is 1. The molecule has 1 amide bonds. The molecule has 0 aromatic carbocycles. The van der Waals surface area contributed by atoms with E-state index in [2.05, 4.69) is 34.0 Å². The summed E-state index contributed by atoms with van der Waals surface area (Å²) in [6.45, 7) is 5.93. The summed E-state index contributed by atoms with van der Waals surface area (Å²) in [5.74, 6) is 0.586. The highest BCUT2D eigenvalue weighted by atomic mass is 35.5. The van der Waals surface area contributed by atoms with Crippen LogP contribution >= 0.6 is 11.6 Å². The first-order chi connectivity index (χ1) is 10.2. The number of hydrogen-bond acceptors (Lipinski definition) is 4. The fourth-order valence-corrected chi connectivity index (χ4v) is 2.15. The average molecular weight is 305 g/mol. The second-order valence-corrected chi connectivity index (χ2v) is 4.73. The number of hydrogen-bond donors (Lipinski definition) is 1. The van der Waals surface area contributed by atoms with E-state index in [1.807, 2.05) is 12.1 Å². The summed E-state index contributed by atoms with van der Waals surface area (Å²) >= 11 is 5.90. The van der Waals surface area contributed by atoms with Crippen molar-refractivity contribution in [1.82, 2.24) is 9.97 Å². The Labute approximate surface area is 129 Å². The third kappa shape index (κ3) is 3.70. The number of anilines is 2. The summed E-state index contributed by atoms with van der Waals surface area (Å²) in [4.78, 5) is 22.5. The summed E-state index contributed by atoms with van der Waals surface area (Å²) in [7, 11) is 0. The first-order valence-electron chi connectivity index (χ1n) is 6.78. The summed E-state index contributed by atoms with van der Waals surface area (Å²) in [5.41, 5.74) is 0.961. The van der Waals surface area contributed by atoms with Gasteiger partial charge in [-0.2, -0.15) is 0 Å². The van der Waals surface area contributed by atoms with Gasteiger partial charge in [0.05, 0.1) is 17.4 Å². The van der Waals surface area contributed by atoms with Crippen molar-refractivity contribution < 1.29 is 4.79 Å². The molecule has 0 aliphatic rings. The minimum Gasteiger partial charge on any atom is -0.357 e. The quantitative estimate of drug-likeness (QED) is 0.862. The number of rotatable bonds is 5. The Kier molecular flexibility index (Phi) is 5.11. The number of nitrogens with zero attached hydrogens (tertiary/aromatic N) is 3. The minimum atomic E-state index is -0.300. The van der Waals surface area contributed by atoms with Gasteiger partial charge in [0.1, 0.15) is 11.0 Å². The fraction of sp³-hybridized carbons (Fsp3) is 0.267. The van der Waals surface area contributed by atoms with E-state index in [1.165, 1.54) is 0 Å². The molecule has 0 spiro atoms. The highest BCUT2D eigenvalue weighted by Crippen LogP contribution is 2.17. The van der Waals surface area contributed by atoms with Gasteiger partial charge < -0.3 is 10.2 Å². The largest absolute Gasteiger partial charge is 0.357 e. The highest BCUT2D eigenvalue weighted by Gasteiger charge is 2.11. The van der Waals surface area contributed by atoms with E-state index in [9.17, 15) is 4.79 Å². The van der Waals surface area contributed by atoms with Gasteiger partial charge in [-0.05, 0) is 38.1 Å². The molecular weight excluding hydrogens is 288 g/mol. The Morgan fingerprint density at radius 2 is 2.00 bits per heavy atom. The first kappa shape index (κ1) is 15.3. The lowest BCUT2D eigenvalue weighted by Gasteiger charge is -2.19. The Morgan fingerprint density at radius 1 is 1.24 bits per heavy atom. The predicted molar refractivity (Wildman–Crippen MR) is 85.0 cm³/mol. The molecule has 0 radical (unpaired) electrons. The van der Waals surface area contributed by atoms with E-state index in [4.69, 9.17) is 11.6 Å². The lowest BCUT2D eigenvalue weighted by molar-refractivity contribution is 0.102. The van der Waals surface area contributed by atoms with Crippen molar-refractivity contribution in [3.05, 3.63) is 47.4 Å². The molecule has 0 saturated carbocycles. The van der Waals surface area contributed by atoms with Gasteiger partial charge in [-0.25, -0.2) is 9.97 Å². The predicted octanol–water partition coefficient (Wildman–Crippen LogP) is 3.23. The van der Waals surface area contributed by atoms with Crippen molar-refractivity contribution in [3.63, 3.8) is 0 Å². The van der Waals surface area contributed by atoms with Crippen molar-refractivity contribution in [2.45, 2.75) is 13.8 Å². The Hall–Kier alpha value is -2.14. The molecule has 2 aromatic heterocycles. The minimum absolute atomic E-state index is 0.183. The molecule has 110 valence electrons. The first-order valence-corrected chi connectivity index (χ1v) is 7.16. The van der Waals surface area contributed by atoms with E-state index in [1.54, 1.807) is 24.5 Å². The number of amides is 1. The van der Waals surface area contributed by atoms with Gasteiger partial charge >= 0.3 is 0 Å². The van der Waals surface area contributed by atoms with E-state index < -0.39 is 0 Å². The Balaban J connectivity index is 2.10. The molecule has 2 rings (SSSR count).